The summed E-state index contributed by atoms with van der Waals surface area (Å²) in [5, 5.41) is 23.7. The fourth-order valence-corrected chi connectivity index (χ4v) is 3.00. The third-order valence-corrected chi connectivity index (χ3v) is 4.50. The summed E-state index contributed by atoms with van der Waals surface area (Å²) < 4.78 is 12.3. The third-order valence-electron chi connectivity index (χ3n) is 4.26. The Bertz CT molecular complexity index is 1250. The van der Waals surface area contributed by atoms with Crippen LogP contribution in [0.5, 0.6) is 5.75 Å². The minimum absolute atomic E-state index is 0.00980. The molecule has 2 heterocycles. The van der Waals surface area contributed by atoms with Gasteiger partial charge in [-0.1, -0.05) is 40.2 Å². The SMILES string of the molecule is O=C(Cn1cc(COc2ccc(Cl)cc2-c2cc(C(=O)O)no2)nn1)Nc1ccccc1. The molecule has 2 aromatic heterocycles. The second-order valence-corrected chi connectivity index (χ2v) is 7.07. The Morgan fingerprint density at radius 1 is 1.16 bits per heavy atom. The highest BCUT2D eigenvalue weighted by Gasteiger charge is 2.17. The van der Waals surface area contributed by atoms with Gasteiger partial charge in [0.15, 0.2) is 11.5 Å². The normalized spacial score (nSPS) is 10.7. The maximum Gasteiger partial charge on any atom is 0.358 e. The molecule has 0 fully saturated rings. The Labute approximate surface area is 186 Å². The number of amides is 1. The van der Waals surface area contributed by atoms with E-state index in [1.165, 1.54) is 10.7 Å². The number of aromatic nitrogens is 4. The molecule has 1 amide bonds. The first kappa shape index (κ1) is 21.1. The second kappa shape index (κ2) is 9.31. The van der Waals surface area contributed by atoms with Crippen LogP contribution in [0.2, 0.25) is 5.02 Å². The van der Waals surface area contributed by atoms with Crippen LogP contribution in [0.15, 0.2) is 65.3 Å². The van der Waals surface area contributed by atoms with Gasteiger partial charge in [0.05, 0.1) is 11.8 Å². The minimum atomic E-state index is -1.21. The largest absolute Gasteiger partial charge is 0.486 e. The summed E-state index contributed by atoms with van der Waals surface area (Å²) in [7, 11) is 0. The molecule has 0 aliphatic heterocycles. The number of hydrogen-bond donors (Lipinski definition) is 2. The first-order valence-corrected chi connectivity index (χ1v) is 9.72. The molecule has 162 valence electrons. The van der Waals surface area contributed by atoms with Crippen LogP contribution in [-0.4, -0.2) is 37.1 Å². The van der Waals surface area contributed by atoms with Crippen molar-refractivity contribution in [3.8, 4) is 17.1 Å². The molecule has 10 nitrogen and oxygen atoms in total. The Kier molecular flexibility index (Phi) is 6.13. The summed E-state index contributed by atoms with van der Waals surface area (Å²) in [5.41, 5.74) is 1.38. The summed E-state index contributed by atoms with van der Waals surface area (Å²) in [5.74, 6) is -0.870. The molecule has 0 radical (unpaired) electrons. The maximum absolute atomic E-state index is 12.2. The number of para-hydroxylation sites is 1. The maximum atomic E-state index is 12.2. The monoisotopic (exact) mass is 453 g/mol. The van der Waals surface area contributed by atoms with Crippen LogP contribution in [0.4, 0.5) is 5.69 Å². The Morgan fingerprint density at radius 2 is 1.97 bits per heavy atom. The summed E-state index contributed by atoms with van der Waals surface area (Å²) in [6.07, 6.45) is 1.59. The fraction of sp³-hybridized carbons (Fsp3) is 0.0952. The average Bonchev–Trinajstić information content (AvgIpc) is 3.43. The van der Waals surface area contributed by atoms with Gasteiger partial charge in [0.25, 0.3) is 0 Å². The van der Waals surface area contributed by atoms with E-state index in [9.17, 15) is 9.59 Å². The van der Waals surface area contributed by atoms with E-state index in [-0.39, 0.29) is 30.5 Å². The van der Waals surface area contributed by atoms with Crippen LogP contribution in [0.3, 0.4) is 0 Å². The number of nitrogens with zero attached hydrogens (tertiary/aromatic N) is 4. The molecule has 11 heteroatoms. The van der Waals surface area contributed by atoms with Gasteiger partial charge in [0, 0.05) is 16.8 Å². The van der Waals surface area contributed by atoms with Crippen molar-refractivity contribution in [2.24, 2.45) is 0 Å². The quantitative estimate of drug-likeness (QED) is 0.414. The molecule has 32 heavy (non-hydrogen) atoms. The molecule has 4 aromatic rings. The van der Waals surface area contributed by atoms with E-state index < -0.39 is 5.97 Å². The van der Waals surface area contributed by atoms with Gasteiger partial charge >= 0.3 is 5.97 Å². The van der Waals surface area contributed by atoms with Gasteiger partial charge in [-0.3, -0.25) is 4.79 Å². The number of ether oxygens (including phenoxy) is 1. The summed E-state index contributed by atoms with van der Waals surface area (Å²) >= 11 is 6.07. The molecular formula is C21H16ClN5O5. The molecule has 2 N–H and O–H groups in total. The zero-order valence-corrected chi connectivity index (χ0v) is 17.2. The van der Waals surface area contributed by atoms with Crippen LogP contribution in [-0.2, 0) is 17.9 Å². The second-order valence-electron chi connectivity index (χ2n) is 6.63. The van der Waals surface area contributed by atoms with Gasteiger partial charge in [0.2, 0.25) is 5.91 Å². The van der Waals surface area contributed by atoms with Crippen molar-refractivity contribution >= 4 is 29.2 Å². The number of halogens is 1. The van der Waals surface area contributed by atoms with E-state index in [0.717, 1.165) is 0 Å². The van der Waals surface area contributed by atoms with Crippen molar-refractivity contribution in [3.63, 3.8) is 0 Å². The van der Waals surface area contributed by atoms with Gasteiger partial charge in [-0.05, 0) is 30.3 Å². The molecule has 0 saturated carbocycles. The van der Waals surface area contributed by atoms with Crippen molar-refractivity contribution < 1.29 is 24.0 Å². The minimum Gasteiger partial charge on any atom is -0.486 e. The molecule has 0 aliphatic carbocycles. The predicted octanol–water partition coefficient (Wildman–Crippen LogP) is 3.50. The molecule has 0 spiro atoms. The number of carboxylic acids is 1. The molecule has 2 aromatic carbocycles. The summed E-state index contributed by atoms with van der Waals surface area (Å²) in [4.78, 5) is 23.2. The molecule has 0 bridgehead atoms. The van der Waals surface area contributed by atoms with Crippen LogP contribution in [0.1, 0.15) is 16.2 Å². The van der Waals surface area contributed by atoms with Crippen molar-refractivity contribution in [2.75, 3.05) is 5.32 Å². The third kappa shape index (κ3) is 5.10. The van der Waals surface area contributed by atoms with Crippen LogP contribution in [0.25, 0.3) is 11.3 Å². The molecule has 4 rings (SSSR count). The van der Waals surface area contributed by atoms with E-state index >= 15 is 0 Å². The van der Waals surface area contributed by atoms with E-state index in [1.54, 1.807) is 36.5 Å². The Hall–Kier alpha value is -4.18. The predicted molar refractivity (Wildman–Crippen MR) is 113 cm³/mol. The molecule has 0 aliphatic rings. The Morgan fingerprint density at radius 3 is 2.72 bits per heavy atom. The smallest absolute Gasteiger partial charge is 0.358 e. The van der Waals surface area contributed by atoms with Crippen LogP contribution in [0, 0.1) is 0 Å². The van der Waals surface area contributed by atoms with E-state index in [4.69, 9.17) is 26.0 Å². The highest BCUT2D eigenvalue weighted by Crippen LogP contribution is 2.33. The number of carbonyl (C=O) groups excluding carboxylic acids is 1. The van der Waals surface area contributed by atoms with E-state index in [2.05, 4.69) is 20.8 Å². The summed E-state index contributed by atoms with van der Waals surface area (Å²) in [6.45, 7) is 0.0407. The molecular weight excluding hydrogens is 438 g/mol. The van der Waals surface area contributed by atoms with Crippen molar-refractivity contribution in [2.45, 2.75) is 13.2 Å². The van der Waals surface area contributed by atoms with Gasteiger partial charge in [-0.15, -0.1) is 5.10 Å². The van der Waals surface area contributed by atoms with Gasteiger partial charge in [-0.2, -0.15) is 0 Å². The number of rotatable bonds is 8. The number of nitrogens with one attached hydrogen (secondary N) is 1. The topological polar surface area (TPSA) is 132 Å². The fourth-order valence-electron chi connectivity index (χ4n) is 2.83. The Balaban J connectivity index is 1.41. The van der Waals surface area contributed by atoms with E-state index in [1.807, 2.05) is 18.2 Å². The van der Waals surface area contributed by atoms with Crippen molar-refractivity contribution in [3.05, 3.63) is 77.2 Å². The van der Waals surface area contributed by atoms with Gasteiger partial charge in [0.1, 0.15) is 24.6 Å². The zero-order chi connectivity index (χ0) is 22.5. The number of anilines is 1. The molecule has 0 unspecified atom stereocenters. The van der Waals surface area contributed by atoms with Crippen molar-refractivity contribution in [1.29, 1.82) is 0 Å². The summed E-state index contributed by atoms with van der Waals surface area (Å²) in [6, 6.07) is 15.2. The number of aromatic carboxylic acids is 1. The first-order valence-electron chi connectivity index (χ1n) is 9.34. The lowest BCUT2D eigenvalue weighted by Crippen LogP contribution is -2.19. The molecule has 0 atom stereocenters. The highest BCUT2D eigenvalue weighted by atomic mass is 35.5. The number of benzene rings is 2. The number of carboxylic acid groups (broad SMARTS) is 1. The average molecular weight is 454 g/mol. The number of hydrogen-bond acceptors (Lipinski definition) is 7. The lowest BCUT2D eigenvalue weighted by molar-refractivity contribution is -0.116. The van der Waals surface area contributed by atoms with Gasteiger partial charge < -0.3 is 19.7 Å². The van der Waals surface area contributed by atoms with E-state index in [0.29, 0.717) is 27.7 Å². The zero-order valence-electron chi connectivity index (χ0n) is 16.4. The van der Waals surface area contributed by atoms with Gasteiger partial charge in [-0.25, -0.2) is 9.48 Å². The highest BCUT2D eigenvalue weighted by molar-refractivity contribution is 6.30. The first-order chi connectivity index (χ1) is 15.5. The van der Waals surface area contributed by atoms with Crippen molar-refractivity contribution in [1.82, 2.24) is 20.2 Å². The lowest BCUT2D eigenvalue weighted by atomic mass is 10.1. The van der Waals surface area contributed by atoms with Crippen LogP contribution < -0.4 is 10.1 Å². The lowest BCUT2D eigenvalue weighted by Gasteiger charge is -2.08. The number of carbonyl (C=O) groups is 2. The molecule has 0 saturated heterocycles. The van der Waals surface area contributed by atoms with Crippen LogP contribution >= 0.6 is 11.6 Å². The standard InChI is InChI=1S/C21H16ClN5O5/c22-13-6-7-18(16(8-13)19-9-17(21(29)30)25-32-19)31-12-15-10-27(26-24-15)11-20(28)23-14-4-2-1-3-5-14/h1-10H,11-12H2,(H,23,28)(H,29,30).